The van der Waals surface area contributed by atoms with Crippen molar-refractivity contribution in [1.29, 1.82) is 0 Å². The monoisotopic (exact) mass is 199 g/mol. The second kappa shape index (κ2) is 3.69. The van der Waals surface area contributed by atoms with Crippen molar-refractivity contribution in [3.05, 3.63) is 47.3 Å². The molecule has 1 radical (unpaired) electrons. The quantitative estimate of drug-likeness (QED) is 0.740. The molecule has 1 heterocycles. The third-order valence-electron chi connectivity index (χ3n) is 2.24. The fraction of sp³-hybridized carbons (Fsp3) is 0.167. The molecule has 0 aliphatic rings. The van der Waals surface area contributed by atoms with Crippen LogP contribution in [0.25, 0.3) is 5.69 Å². The van der Waals surface area contributed by atoms with Crippen LogP contribution in [0.4, 0.5) is 0 Å². The summed E-state index contributed by atoms with van der Waals surface area (Å²) >= 11 is 0. The topological polar surface area (TPSA) is 34.9 Å². The summed E-state index contributed by atoms with van der Waals surface area (Å²) in [7, 11) is 0. The minimum atomic E-state index is 0.556. The van der Waals surface area contributed by atoms with Gasteiger partial charge >= 0.3 is 0 Å². The molecule has 0 N–H and O–H groups in total. The summed E-state index contributed by atoms with van der Waals surface area (Å²) in [4.78, 5) is 10.4. The fourth-order valence-corrected chi connectivity index (χ4v) is 1.56. The van der Waals surface area contributed by atoms with Crippen LogP contribution in [0.2, 0.25) is 0 Å². The number of carbonyl (C=O) groups excluding carboxylic acids is 1. The summed E-state index contributed by atoms with van der Waals surface area (Å²) in [6, 6.07) is 9.21. The fourth-order valence-electron chi connectivity index (χ4n) is 1.56. The molecule has 3 nitrogen and oxygen atoms in total. The van der Waals surface area contributed by atoms with E-state index in [2.05, 4.69) is 5.10 Å². The summed E-state index contributed by atoms with van der Waals surface area (Å²) in [5.74, 6) is 0. The molecule has 1 aromatic heterocycles. The maximum atomic E-state index is 10.4. The van der Waals surface area contributed by atoms with Crippen LogP contribution in [0, 0.1) is 13.8 Å². The first kappa shape index (κ1) is 9.65. The van der Waals surface area contributed by atoms with E-state index in [0.717, 1.165) is 17.1 Å². The minimum absolute atomic E-state index is 0.556. The third-order valence-corrected chi connectivity index (χ3v) is 2.24. The Kier molecular flexibility index (Phi) is 2.37. The van der Waals surface area contributed by atoms with Gasteiger partial charge in [0.05, 0.1) is 11.4 Å². The largest absolute Gasteiger partial charge is 0.285 e. The van der Waals surface area contributed by atoms with Crippen LogP contribution in [0.15, 0.2) is 30.3 Å². The van der Waals surface area contributed by atoms with Crippen molar-refractivity contribution >= 4 is 6.29 Å². The lowest BCUT2D eigenvalue weighted by atomic mass is 10.2. The highest BCUT2D eigenvalue weighted by atomic mass is 16.1. The molecule has 0 fully saturated rings. The van der Waals surface area contributed by atoms with Crippen molar-refractivity contribution in [2.45, 2.75) is 13.8 Å². The summed E-state index contributed by atoms with van der Waals surface area (Å²) in [5.41, 5.74) is 3.58. The van der Waals surface area contributed by atoms with Crippen LogP contribution < -0.4 is 0 Å². The average Bonchev–Trinajstić information content (AvgIpc) is 2.58. The molecule has 0 saturated carbocycles. The molecule has 0 atom stereocenters. The molecular formula is C12H11N2O. The van der Waals surface area contributed by atoms with Crippen molar-refractivity contribution in [3.63, 3.8) is 0 Å². The van der Waals surface area contributed by atoms with E-state index in [0.29, 0.717) is 5.56 Å². The molecule has 2 aromatic rings. The Labute approximate surface area is 88.4 Å². The van der Waals surface area contributed by atoms with E-state index < -0.39 is 0 Å². The molecule has 0 unspecified atom stereocenters. The van der Waals surface area contributed by atoms with Crippen molar-refractivity contribution in [2.75, 3.05) is 0 Å². The van der Waals surface area contributed by atoms with E-state index in [9.17, 15) is 4.79 Å². The molecular weight excluding hydrogens is 188 g/mol. The molecule has 1 aromatic carbocycles. The molecule has 0 aliphatic carbocycles. The number of rotatable bonds is 2. The van der Waals surface area contributed by atoms with Crippen LogP contribution in [-0.4, -0.2) is 16.1 Å². The van der Waals surface area contributed by atoms with Crippen LogP contribution in [0.1, 0.15) is 17.0 Å². The molecule has 0 amide bonds. The van der Waals surface area contributed by atoms with Gasteiger partial charge in [0.2, 0.25) is 6.29 Å². The summed E-state index contributed by atoms with van der Waals surface area (Å²) in [6.07, 6.45) is 1.85. The number of hydrogen-bond donors (Lipinski definition) is 0. The smallest absolute Gasteiger partial charge is 0.233 e. The number of aromatic nitrogens is 2. The molecule has 0 aliphatic heterocycles. The van der Waals surface area contributed by atoms with E-state index in [1.54, 1.807) is 12.1 Å². The normalized spacial score (nSPS) is 10.3. The lowest BCUT2D eigenvalue weighted by Crippen LogP contribution is -1.98. The first-order valence-corrected chi connectivity index (χ1v) is 4.72. The van der Waals surface area contributed by atoms with Gasteiger partial charge in [0, 0.05) is 11.3 Å². The Balaban J connectivity index is 2.45. The van der Waals surface area contributed by atoms with Crippen molar-refractivity contribution < 1.29 is 4.79 Å². The average molecular weight is 199 g/mol. The van der Waals surface area contributed by atoms with E-state index in [4.69, 9.17) is 0 Å². The Bertz CT molecular complexity index is 483. The highest BCUT2D eigenvalue weighted by Gasteiger charge is 2.02. The maximum absolute atomic E-state index is 10.4. The molecule has 3 heteroatoms. The minimum Gasteiger partial charge on any atom is -0.285 e. The van der Waals surface area contributed by atoms with Gasteiger partial charge in [-0.3, -0.25) is 4.79 Å². The molecule has 0 spiro atoms. The van der Waals surface area contributed by atoms with Crippen LogP contribution in [-0.2, 0) is 4.79 Å². The zero-order valence-corrected chi connectivity index (χ0v) is 8.69. The molecule has 0 bridgehead atoms. The number of benzene rings is 1. The Hall–Kier alpha value is -1.90. The van der Waals surface area contributed by atoms with E-state index in [1.165, 1.54) is 0 Å². The maximum Gasteiger partial charge on any atom is 0.233 e. The van der Waals surface area contributed by atoms with Gasteiger partial charge in [0.15, 0.2) is 0 Å². The van der Waals surface area contributed by atoms with E-state index in [1.807, 2.05) is 43.0 Å². The highest BCUT2D eigenvalue weighted by molar-refractivity contribution is 5.75. The second-order valence-electron chi connectivity index (χ2n) is 3.49. The SMILES string of the molecule is Cc1cc(C)n(-c2ccc([C]=O)cc2)n1. The summed E-state index contributed by atoms with van der Waals surface area (Å²) in [6.45, 7) is 3.96. The van der Waals surface area contributed by atoms with Gasteiger partial charge in [-0.05, 0) is 44.2 Å². The molecule has 75 valence electrons. The van der Waals surface area contributed by atoms with E-state index >= 15 is 0 Å². The first-order valence-electron chi connectivity index (χ1n) is 4.72. The van der Waals surface area contributed by atoms with Crippen LogP contribution in [0.5, 0.6) is 0 Å². The van der Waals surface area contributed by atoms with Gasteiger partial charge < -0.3 is 0 Å². The first-order chi connectivity index (χ1) is 7.20. The summed E-state index contributed by atoms with van der Waals surface area (Å²) < 4.78 is 1.85. The Morgan fingerprint density at radius 3 is 2.33 bits per heavy atom. The van der Waals surface area contributed by atoms with Crippen LogP contribution >= 0.6 is 0 Å². The number of aryl methyl sites for hydroxylation is 2. The Morgan fingerprint density at radius 2 is 1.87 bits per heavy atom. The van der Waals surface area contributed by atoms with Gasteiger partial charge in [0.1, 0.15) is 0 Å². The standard InChI is InChI=1S/C12H11N2O/c1-9-7-10(2)14(13-9)12-5-3-11(8-15)4-6-12/h3-7H,1-2H3. The molecule has 0 saturated heterocycles. The highest BCUT2D eigenvalue weighted by Crippen LogP contribution is 2.12. The zero-order valence-electron chi connectivity index (χ0n) is 8.69. The Morgan fingerprint density at radius 1 is 1.20 bits per heavy atom. The lowest BCUT2D eigenvalue weighted by molar-refractivity contribution is 0.563. The van der Waals surface area contributed by atoms with Crippen molar-refractivity contribution in [2.24, 2.45) is 0 Å². The molecule has 2 rings (SSSR count). The van der Waals surface area contributed by atoms with Gasteiger partial charge in [0.25, 0.3) is 0 Å². The predicted octanol–water partition coefficient (Wildman–Crippen LogP) is 1.95. The van der Waals surface area contributed by atoms with E-state index in [-0.39, 0.29) is 0 Å². The van der Waals surface area contributed by atoms with Crippen LogP contribution in [0.3, 0.4) is 0 Å². The second-order valence-corrected chi connectivity index (χ2v) is 3.49. The lowest BCUT2D eigenvalue weighted by Gasteiger charge is -2.03. The summed E-state index contributed by atoms with van der Waals surface area (Å²) in [5, 5.41) is 4.35. The van der Waals surface area contributed by atoms with Crippen molar-refractivity contribution in [1.82, 2.24) is 9.78 Å². The predicted molar refractivity (Wildman–Crippen MR) is 57.8 cm³/mol. The number of nitrogens with zero attached hydrogens (tertiary/aromatic N) is 2. The van der Waals surface area contributed by atoms with Gasteiger partial charge in [-0.25, -0.2) is 4.68 Å². The molecule has 15 heavy (non-hydrogen) atoms. The van der Waals surface area contributed by atoms with Gasteiger partial charge in [-0.15, -0.1) is 0 Å². The van der Waals surface area contributed by atoms with Gasteiger partial charge in [-0.2, -0.15) is 5.10 Å². The number of hydrogen-bond acceptors (Lipinski definition) is 2. The van der Waals surface area contributed by atoms with Gasteiger partial charge in [-0.1, -0.05) is 0 Å². The van der Waals surface area contributed by atoms with Crippen molar-refractivity contribution in [3.8, 4) is 5.69 Å². The zero-order chi connectivity index (χ0) is 10.8. The third kappa shape index (κ3) is 1.81.